The van der Waals surface area contributed by atoms with Crippen LogP contribution in [0.1, 0.15) is 22.4 Å². The van der Waals surface area contributed by atoms with Crippen molar-refractivity contribution < 1.29 is 9.53 Å². The zero-order chi connectivity index (χ0) is 20.2. The van der Waals surface area contributed by atoms with Crippen molar-refractivity contribution >= 4 is 28.7 Å². The Labute approximate surface area is 182 Å². The number of carbonyl (C=O) groups excluding carboxylic acids is 1. The van der Waals surface area contributed by atoms with E-state index in [0.29, 0.717) is 25.1 Å². The standard InChI is InChI=1S/C22H20IN3O3/c23-18-8-6-17(7-9-18)14-29-22(28)25-11-10-20-19(13-25)21(27)26(15-24-20)12-16-4-2-1-3-5-16/h1-9,15H,10-14H2. The smallest absolute Gasteiger partial charge is 0.410 e. The van der Waals surface area contributed by atoms with Crippen LogP contribution in [0.4, 0.5) is 4.79 Å². The molecule has 2 heterocycles. The van der Waals surface area contributed by atoms with Crippen molar-refractivity contribution in [1.29, 1.82) is 0 Å². The van der Waals surface area contributed by atoms with Crippen molar-refractivity contribution in [3.8, 4) is 0 Å². The lowest BCUT2D eigenvalue weighted by Crippen LogP contribution is -2.41. The summed E-state index contributed by atoms with van der Waals surface area (Å²) in [4.78, 5) is 31.5. The Hall–Kier alpha value is -2.68. The van der Waals surface area contributed by atoms with Crippen LogP contribution >= 0.6 is 22.6 Å². The van der Waals surface area contributed by atoms with Gasteiger partial charge in [-0.25, -0.2) is 9.78 Å². The van der Waals surface area contributed by atoms with Crippen LogP contribution in [0.25, 0.3) is 0 Å². The fraction of sp³-hybridized carbons (Fsp3) is 0.227. The summed E-state index contributed by atoms with van der Waals surface area (Å²) in [5.74, 6) is 0. The summed E-state index contributed by atoms with van der Waals surface area (Å²) in [6.45, 7) is 1.39. The number of rotatable bonds is 4. The van der Waals surface area contributed by atoms with Crippen molar-refractivity contribution in [3.63, 3.8) is 0 Å². The number of aromatic nitrogens is 2. The second kappa shape index (κ2) is 8.77. The van der Waals surface area contributed by atoms with Gasteiger partial charge in [-0.15, -0.1) is 0 Å². The van der Waals surface area contributed by atoms with Gasteiger partial charge in [0.25, 0.3) is 5.56 Å². The van der Waals surface area contributed by atoms with Crippen molar-refractivity contribution in [2.24, 2.45) is 0 Å². The van der Waals surface area contributed by atoms with Gasteiger partial charge in [-0.05, 0) is 45.9 Å². The first-order valence-corrected chi connectivity index (χ1v) is 10.5. The Bertz CT molecular complexity index is 1060. The highest BCUT2D eigenvalue weighted by Gasteiger charge is 2.25. The number of hydrogen-bond donors (Lipinski definition) is 0. The van der Waals surface area contributed by atoms with E-state index in [2.05, 4.69) is 27.6 Å². The Balaban J connectivity index is 1.45. The molecule has 0 spiro atoms. The predicted molar refractivity (Wildman–Crippen MR) is 117 cm³/mol. The minimum atomic E-state index is -0.410. The third-order valence-corrected chi connectivity index (χ3v) is 5.64. The molecular weight excluding hydrogens is 481 g/mol. The largest absolute Gasteiger partial charge is 0.445 e. The molecule has 3 aromatic rings. The molecule has 0 saturated carbocycles. The van der Waals surface area contributed by atoms with Crippen LogP contribution in [0.3, 0.4) is 0 Å². The van der Waals surface area contributed by atoms with Crippen molar-refractivity contribution in [2.45, 2.75) is 26.1 Å². The number of hydrogen-bond acceptors (Lipinski definition) is 4. The van der Waals surface area contributed by atoms with E-state index < -0.39 is 6.09 Å². The molecule has 4 rings (SSSR count). The molecule has 1 aromatic heterocycles. The quantitative estimate of drug-likeness (QED) is 0.513. The van der Waals surface area contributed by atoms with E-state index in [4.69, 9.17) is 4.74 Å². The molecule has 148 valence electrons. The zero-order valence-electron chi connectivity index (χ0n) is 15.8. The zero-order valence-corrected chi connectivity index (χ0v) is 17.9. The van der Waals surface area contributed by atoms with E-state index in [1.54, 1.807) is 15.8 Å². The first-order chi connectivity index (χ1) is 14.1. The Kier molecular flexibility index (Phi) is 5.94. The van der Waals surface area contributed by atoms with Crippen LogP contribution in [0, 0.1) is 3.57 Å². The van der Waals surface area contributed by atoms with E-state index in [1.807, 2.05) is 54.6 Å². The number of fused-ring (bicyclic) bond motifs is 1. The number of amides is 1. The normalized spacial score (nSPS) is 13.1. The minimum absolute atomic E-state index is 0.103. The van der Waals surface area contributed by atoms with Crippen LogP contribution in [0.2, 0.25) is 0 Å². The van der Waals surface area contributed by atoms with Gasteiger partial charge >= 0.3 is 6.09 Å². The second-order valence-corrected chi connectivity index (χ2v) is 8.19. The molecule has 0 N–H and O–H groups in total. The molecule has 0 aliphatic carbocycles. The number of carbonyl (C=O) groups is 1. The summed E-state index contributed by atoms with van der Waals surface area (Å²) in [5.41, 5.74) is 3.19. The third kappa shape index (κ3) is 4.67. The van der Waals surface area contributed by atoms with E-state index in [1.165, 1.54) is 0 Å². The van der Waals surface area contributed by atoms with Crippen LogP contribution in [0.15, 0.2) is 65.7 Å². The summed E-state index contributed by atoms with van der Waals surface area (Å²) in [6, 6.07) is 17.6. The number of ether oxygens (including phenoxy) is 1. The molecule has 7 heteroatoms. The maximum atomic E-state index is 12.9. The molecule has 0 unspecified atom stereocenters. The molecular formula is C22H20IN3O3. The van der Waals surface area contributed by atoms with E-state index in [-0.39, 0.29) is 18.7 Å². The van der Waals surface area contributed by atoms with Gasteiger partial charge in [0.1, 0.15) is 6.61 Å². The summed E-state index contributed by atoms with van der Waals surface area (Å²) >= 11 is 2.23. The van der Waals surface area contributed by atoms with Gasteiger partial charge in [0.05, 0.1) is 30.7 Å². The van der Waals surface area contributed by atoms with Crippen molar-refractivity contribution in [3.05, 3.63) is 97.2 Å². The van der Waals surface area contributed by atoms with Gasteiger partial charge in [0, 0.05) is 16.5 Å². The maximum absolute atomic E-state index is 12.9. The first kappa shape index (κ1) is 19.6. The molecule has 0 fully saturated rings. The first-order valence-electron chi connectivity index (χ1n) is 9.37. The van der Waals surface area contributed by atoms with Crippen LogP contribution in [-0.4, -0.2) is 27.1 Å². The van der Waals surface area contributed by atoms with E-state index in [9.17, 15) is 9.59 Å². The lowest BCUT2D eigenvalue weighted by atomic mass is 10.1. The molecule has 6 nitrogen and oxygen atoms in total. The van der Waals surface area contributed by atoms with E-state index in [0.717, 1.165) is 20.4 Å². The van der Waals surface area contributed by atoms with Crippen molar-refractivity contribution in [1.82, 2.24) is 14.5 Å². The van der Waals surface area contributed by atoms with Crippen LogP contribution in [-0.2, 0) is 30.9 Å². The van der Waals surface area contributed by atoms with Crippen molar-refractivity contribution in [2.75, 3.05) is 6.54 Å². The number of benzene rings is 2. The van der Waals surface area contributed by atoms with Gasteiger partial charge in [-0.3, -0.25) is 9.36 Å². The van der Waals surface area contributed by atoms with Crippen LogP contribution in [0.5, 0.6) is 0 Å². The summed E-state index contributed by atoms with van der Waals surface area (Å²) in [6.07, 6.45) is 1.74. The van der Waals surface area contributed by atoms with E-state index >= 15 is 0 Å². The van der Waals surface area contributed by atoms with Gasteiger partial charge in [-0.1, -0.05) is 42.5 Å². The lowest BCUT2D eigenvalue weighted by molar-refractivity contribution is 0.0913. The molecule has 0 atom stereocenters. The molecule has 1 aliphatic heterocycles. The molecule has 1 amide bonds. The average Bonchev–Trinajstić information content (AvgIpc) is 2.76. The summed E-state index contributed by atoms with van der Waals surface area (Å²) in [7, 11) is 0. The minimum Gasteiger partial charge on any atom is -0.445 e. The fourth-order valence-corrected chi connectivity index (χ4v) is 3.68. The topological polar surface area (TPSA) is 64.4 Å². The molecule has 2 aromatic carbocycles. The molecule has 0 radical (unpaired) electrons. The fourth-order valence-electron chi connectivity index (χ4n) is 3.32. The van der Waals surface area contributed by atoms with Gasteiger partial charge in [0.2, 0.25) is 0 Å². The van der Waals surface area contributed by atoms with Gasteiger partial charge in [-0.2, -0.15) is 0 Å². The monoisotopic (exact) mass is 501 g/mol. The highest BCUT2D eigenvalue weighted by atomic mass is 127. The highest BCUT2D eigenvalue weighted by Crippen LogP contribution is 2.16. The Morgan fingerprint density at radius 1 is 1.07 bits per heavy atom. The third-order valence-electron chi connectivity index (χ3n) is 4.92. The Morgan fingerprint density at radius 3 is 2.59 bits per heavy atom. The molecule has 0 saturated heterocycles. The SMILES string of the molecule is O=C(OCc1ccc(I)cc1)N1CCc2ncn(Cc3ccccc3)c(=O)c2C1. The van der Waals surface area contributed by atoms with Gasteiger partial charge in [0.15, 0.2) is 0 Å². The highest BCUT2D eigenvalue weighted by molar-refractivity contribution is 14.1. The maximum Gasteiger partial charge on any atom is 0.410 e. The molecule has 0 bridgehead atoms. The average molecular weight is 501 g/mol. The molecule has 29 heavy (non-hydrogen) atoms. The number of halogens is 1. The summed E-state index contributed by atoms with van der Waals surface area (Å²) < 4.78 is 8.16. The van der Waals surface area contributed by atoms with Gasteiger partial charge < -0.3 is 9.64 Å². The van der Waals surface area contributed by atoms with Crippen LogP contribution < -0.4 is 5.56 Å². The lowest BCUT2D eigenvalue weighted by Gasteiger charge is -2.27. The summed E-state index contributed by atoms with van der Waals surface area (Å²) in [5, 5.41) is 0. The number of nitrogens with zero attached hydrogens (tertiary/aromatic N) is 3. The predicted octanol–water partition coefficient (Wildman–Crippen LogP) is 3.59. The Morgan fingerprint density at radius 2 is 1.83 bits per heavy atom. The second-order valence-electron chi connectivity index (χ2n) is 6.94. The molecule has 1 aliphatic rings.